The van der Waals surface area contributed by atoms with E-state index in [9.17, 15) is 0 Å². The Morgan fingerprint density at radius 1 is 1.18 bits per heavy atom. The van der Waals surface area contributed by atoms with Crippen molar-refractivity contribution < 1.29 is 0 Å². The minimum absolute atomic E-state index is 0.551. The van der Waals surface area contributed by atoms with Crippen molar-refractivity contribution >= 4 is 0 Å². The first kappa shape index (κ1) is 11.3. The van der Waals surface area contributed by atoms with Gasteiger partial charge < -0.3 is 0 Å². The lowest BCUT2D eigenvalue weighted by Gasteiger charge is -2.39. The molecule has 1 spiro atoms. The van der Waals surface area contributed by atoms with Gasteiger partial charge in [0.1, 0.15) is 0 Å². The summed E-state index contributed by atoms with van der Waals surface area (Å²) in [5.41, 5.74) is 2.03. The first-order chi connectivity index (χ1) is 8.31. The maximum Gasteiger partial charge on any atom is 0.0239 e. The summed E-state index contributed by atoms with van der Waals surface area (Å²) >= 11 is 0. The van der Waals surface area contributed by atoms with Gasteiger partial charge in [0.15, 0.2) is 0 Å². The second-order valence-corrected chi connectivity index (χ2v) is 5.91. The molecule has 17 heavy (non-hydrogen) atoms. The quantitative estimate of drug-likeness (QED) is 0.744. The molecule has 0 radical (unpaired) electrons. The summed E-state index contributed by atoms with van der Waals surface area (Å²) in [6, 6.07) is 11.0. The van der Waals surface area contributed by atoms with Crippen molar-refractivity contribution in [3.8, 4) is 0 Å². The topological polar surface area (TPSA) is 3.24 Å². The van der Waals surface area contributed by atoms with Crippen LogP contribution in [0.15, 0.2) is 30.3 Å². The van der Waals surface area contributed by atoms with Crippen molar-refractivity contribution in [2.45, 2.75) is 51.1 Å². The molecule has 2 fully saturated rings. The molecule has 1 aromatic carbocycles. The molecule has 0 aromatic heterocycles. The van der Waals surface area contributed by atoms with Gasteiger partial charge in [0.25, 0.3) is 0 Å². The summed E-state index contributed by atoms with van der Waals surface area (Å²) in [6.07, 6.45) is 7.14. The lowest BCUT2D eigenvalue weighted by molar-refractivity contribution is 0.0947. The summed E-state index contributed by atoms with van der Waals surface area (Å²) in [5.74, 6) is 0.897. The molecule has 3 rings (SSSR count). The highest BCUT2D eigenvalue weighted by molar-refractivity contribution is 5.16. The van der Waals surface area contributed by atoms with E-state index in [0.29, 0.717) is 5.54 Å². The van der Waals surface area contributed by atoms with Gasteiger partial charge in [-0.15, -0.1) is 0 Å². The van der Waals surface area contributed by atoms with Crippen molar-refractivity contribution in [2.75, 3.05) is 6.54 Å². The number of nitrogens with zero attached hydrogens (tertiary/aromatic N) is 1. The zero-order chi connectivity index (χ0) is 11.7. The molecular weight excluding hydrogens is 206 g/mol. The molecule has 1 unspecified atom stereocenters. The van der Waals surface area contributed by atoms with Gasteiger partial charge in [0.2, 0.25) is 0 Å². The van der Waals surface area contributed by atoms with Crippen molar-refractivity contribution in [1.29, 1.82) is 0 Å². The largest absolute Gasteiger partial charge is 0.293 e. The summed E-state index contributed by atoms with van der Waals surface area (Å²) in [6.45, 7) is 4.93. The van der Waals surface area contributed by atoms with Crippen molar-refractivity contribution in [3.05, 3.63) is 35.9 Å². The molecule has 92 valence electrons. The van der Waals surface area contributed by atoms with E-state index < -0.39 is 0 Å². The van der Waals surface area contributed by atoms with Gasteiger partial charge in [-0.25, -0.2) is 0 Å². The van der Waals surface area contributed by atoms with Crippen LogP contribution in [-0.4, -0.2) is 17.0 Å². The maximum absolute atomic E-state index is 2.78. The fourth-order valence-electron chi connectivity index (χ4n) is 4.07. The zero-order valence-electron chi connectivity index (χ0n) is 10.9. The minimum Gasteiger partial charge on any atom is -0.293 e. The predicted molar refractivity (Wildman–Crippen MR) is 71.8 cm³/mol. The molecular formula is C16H23N. The third-order valence-corrected chi connectivity index (χ3v) is 5.05. The van der Waals surface area contributed by atoms with Gasteiger partial charge in [-0.1, -0.05) is 43.7 Å². The van der Waals surface area contributed by atoms with Crippen molar-refractivity contribution in [1.82, 2.24) is 4.90 Å². The molecule has 1 aliphatic heterocycles. The molecule has 1 heterocycles. The number of benzene rings is 1. The Labute approximate surface area is 105 Å². The van der Waals surface area contributed by atoms with Crippen LogP contribution in [0.1, 0.15) is 44.6 Å². The smallest absolute Gasteiger partial charge is 0.0239 e. The second kappa shape index (κ2) is 4.45. The molecule has 1 nitrogen and oxygen atoms in total. The number of rotatable bonds is 2. The molecule has 0 amide bonds. The molecule has 2 aliphatic rings. The average Bonchev–Trinajstić information content (AvgIpc) is 2.91. The van der Waals surface area contributed by atoms with Crippen LogP contribution in [0.5, 0.6) is 0 Å². The van der Waals surface area contributed by atoms with E-state index in [0.717, 1.165) is 12.5 Å². The van der Waals surface area contributed by atoms with E-state index in [1.165, 1.54) is 44.2 Å². The standard InChI is InChI=1S/C16H23N/c1-14-7-5-10-16(14)11-6-12-17(16)13-15-8-3-2-4-9-15/h2-4,8-9,14H,5-7,10-13H2,1H3/t14?,16-/m0/s1. The Balaban J connectivity index is 1.79. The highest BCUT2D eigenvalue weighted by Gasteiger charge is 2.47. The molecule has 1 aliphatic carbocycles. The summed E-state index contributed by atoms with van der Waals surface area (Å²) in [7, 11) is 0. The lowest BCUT2D eigenvalue weighted by Crippen LogP contribution is -2.45. The number of likely N-dealkylation sites (tertiary alicyclic amines) is 1. The fraction of sp³-hybridized carbons (Fsp3) is 0.625. The van der Waals surface area contributed by atoms with Crippen LogP contribution in [0.2, 0.25) is 0 Å². The van der Waals surface area contributed by atoms with Gasteiger partial charge in [-0.2, -0.15) is 0 Å². The summed E-state index contributed by atoms with van der Waals surface area (Å²) < 4.78 is 0. The van der Waals surface area contributed by atoms with E-state index in [-0.39, 0.29) is 0 Å². The monoisotopic (exact) mass is 229 g/mol. The summed E-state index contributed by atoms with van der Waals surface area (Å²) in [5, 5.41) is 0. The predicted octanol–water partition coefficient (Wildman–Crippen LogP) is 3.84. The van der Waals surface area contributed by atoms with Crippen LogP contribution in [0.3, 0.4) is 0 Å². The van der Waals surface area contributed by atoms with Crippen molar-refractivity contribution in [3.63, 3.8) is 0 Å². The SMILES string of the molecule is CC1CCC[C@]12CCCN2Cc1ccccc1. The van der Waals surface area contributed by atoms with Gasteiger partial charge in [-0.05, 0) is 43.7 Å². The fourth-order valence-corrected chi connectivity index (χ4v) is 4.07. The van der Waals surface area contributed by atoms with Crippen LogP contribution in [0.25, 0.3) is 0 Å². The third kappa shape index (κ3) is 1.91. The van der Waals surface area contributed by atoms with Crippen molar-refractivity contribution in [2.24, 2.45) is 5.92 Å². The van der Waals surface area contributed by atoms with Gasteiger partial charge in [0, 0.05) is 12.1 Å². The Hall–Kier alpha value is -0.820. The van der Waals surface area contributed by atoms with Gasteiger partial charge >= 0.3 is 0 Å². The van der Waals surface area contributed by atoms with Crippen LogP contribution in [0.4, 0.5) is 0 Å². The Kier molecular flexibility index (Phi) is 2.96. The highest BCUT2D eigenvalue weighted by Crippen LogP contribution is 2.47. The molecule has 2 atom stereocenters. The Bertz CT molecular complexity index is 368. The van der Waals surface area contributed by atoms with Crippen LogP contribution in [-0.2, 0) is 6.54 Å². The van der Waals surface area contributed by atoms with E-state index in [1.54, 1.807) is 0 Å². The van der Waals surface area contributed by atoms with E-state index in [2.05, 4.69) is 42.2 Å². The van der Waals surface area contributed by atoms with Crippen LogP contribution >= 0.6 is 0 Å². The first-order valence-electron chi connectivity index (χ1n) is 7.10. The maximum atomic E-state index is 2.78. The third-order valence-electron chi connectivity index (χ3n) is 5.05. The second-order valence-electron chi connectivity index (χ2n) is 5.91. The molecule has 1 heteroatoms. The Morgan fingerprint density at radius 3 is 2.65 bits per heavy atom. The normalized spacial score (nSPS) is 33.6. The molecule has 1 saturated heterocycles. The highest BCUT2D eigenvalue weighted by atomic mass is 15.2. The molecule has 0 N–H and O–H groups in total. The number of hydrogen-bond donors (Lipinski definition) is 0. The average molecular weight is 229 g/mol. The molecule has 1 aromatic rings. The number of hydrogen-bond acceptors (Lipinski definition) is 1. The van der Waals surface area contributed by atoms with E-state index >= 15 is 0 Å². The van der Waals surface area contributed by atoms with E-state index in [1.807, 2.05) is 0 Å². The summed E-state index contributed by atoms with van der Waals surface area (Å²) in [4.78, 5) is 2.78. The van der Waals surface area contributed by atoms with Crippen LogP contribution in [0, 0.1) is 5.92 Å². The van der Waals surface area contributed by atoms with Gasteiger partial charge in [-0.3, -0.25) is 4.90 Å². The minimum atomic E-state index is 0.551. The first-order valence-corrected chi connectivity index (χ1v) is 7.10. The van der Waals surface area contributed by atoms with E-state index in [4.69, 9.17) is 0 Å². The zero-order valence-corrected chi connectivity index (χ0v) is 10.9. The molecule has 1 saturated carbocycles. The van der Waals surface area contributed by atoms with Gasteiger partial charge in [0.05, 0.1) is 0 Å². The van der Waals surface area contributed by atoms with Crippen LogP contribution < -0.4 is 0 Å². The molecule has 0 bridgehead atoms. The Morgan fingerprint density at radius 2 is 1.94 bits per heavy atom. The lowest BCUT2D eigenvalue weighted by atomic mass is 9.85.